The number of anilines is 1. The number of carbonyl (C=O) groups excluding carboxylic acids is 2. The van der Waals surface area contributed by atoms with E-state index in [4.69, 9.17) is 11.6 Å². The van der Waals surface area contributed by atoms with E-state index in [0.29, 0.717) is 17.3 Å². The molecule has 1 heterocycles. The third-order valence-electron chi connectivity index (χ3n) is 3.27. The minimum Gasteiger partial charge on any atom is -0.336 e. The quantitative estimate of drug-likeness (QED) is 0.881. The second-order valence-electron chi connectivity index (χ2n) is 4.94. The second-order valence-corrected chi connectivity index (χ2v) is 5.38. The molecule has 20 heavy (non-hydrogen) atoms. The van der Waals surface area contributed by atoms with Gasteiger partial charge >= 0.3 is 0 Å². The SMILES string of the molecule is CN(CC(=O)Nc1cccc(Cl)c1)C(=O)C1CCNC1. The summed E-state index contributed by atoms with van der Waals surface area (Å²) in [5.41, 5.74) is 0.630. The predicted octanol–water partition coefficient (Wildman–Crippen LogP) is 1.35. The smallest absolute Gasteiger partial charge is 0.243 e. The van der Waals surface area contributed by atoms with E-state index in [0.717, 1.165) is 13.0 Å². The Bertz CT molecular complexity index is 501. The van der Waals surface area contributed by atoms with E-state index in [-0.39, 0.29) is 24.3 Å². The van der Waals surface area contributed by atoms with E-state index in [1.807, 2.05) is 0 Å². The summed E-state index contributed by atoms with van der Waals surface area (Å²) in [6, 6.07) is 6.92. The maximum atomic E-state index is 12.1. The van der Waals surface area contributed by atoms with Crippen LogP contribution < -0.4 is 10.6 Å². The van der Waals surface area contributed by atoms with Gasteiger partial charge in [-0.15, -0.1) is 0 Å². The van der Waals surface area contributed by atoms with Crippen LogP contribution in [-0.4, -0.2) is 43.4 Å². The fourth-order valence-corrected chi connectivity index (χ4v) is 2.43. The van der Waals surface area contributed by atoms with Gasteiger partial charge in [0.1, 0.15) is 0 Å². The molecule has 1 saturated heterocycles. The zero-order valence-corrected chi connectivity index (χ0v) is 12.1. The van der Waals surface area contributed by atoms with Crippen LogP contribution in [-0.2, 0) is 9.59 Å². The Labute approximate surface area is 123 Å². The standard InChI is InChI=1S/C14H18ClN3O2/c1-18(14(20)10-5-6-16-8-10)9-13(19)17-12-4-2-3-11(15)7-12/h2-4,7,10,16H,5-6,8-9H2,1H3,(H,17,19). The Hall–Kier alpha value is -1.59. The monoisotopic (exact) mass is 295 g/mol. The van der Waals surface area contributed by atoms with Crippen molar-refractivity contribution < 1.29 is 9.59 Å². The lowest BCUT2D eigenvalue weighted by atomic mass is 10.1. The average Bonchev–Trinajstić information content (AvgIpc) is 2.91. The first kappa shape index (κ1) is 14.8. The van der Waals surface area contributed by atoms with E-state index in [1.165, 1.54) is 4.90 Å². The van der Waals surface area contributed by atoms with Crippen LogP contribution in [0.25, 0.3) is 0 Å². The van der Waals surface area contributed by atoms with E-state index in [2.05, 4.69) is 10.6 Å². The summed E-state index contributed by atoms with van der Waals surface area (Å²) in [5.74, 6) is -0.232. The van der Waals surface area contributed by atoms with Crippen molar-refractivity contribution in [1.29, 1.82) is 0 Å². The lowest BCUT2D eigenvalue weighted by Crippen LogP contribution is -2.39. The number of benzene rings is 1. The van der Waals surface area contributed by atoms with Crippen LogP contribution in [0.5, 0.6) is 0 Å². The van der Waals surface area contributed by atoms with Crippen LogP contribution in [0.1, 0.15) is 6.42 Å². The minimum atomic E-state index is -0.228. The molecule has 2 rings (SSSR count). The first-order valence-corrected chi connectivity index (χ1v) is 6.95. The Morgan fingerprint density at radius 2 is 2.30 bits per heavy atom. The molecule has 1 aliphatic rings. The average molecular weight is 296 g/mol. The van der Waals surface area contributed by atoms with Crippen LogP contribution in [0.4, 0.5) is 5.69 Å². The maximum Gasteiger partial charge on any atom is 0.243 e. The molecule has 0 bridgehead atoms. The molecule has 0 saturated carbocycles. The molecule has 5 nitrogen and oxygen atoms in total. The van der Waals surface area contributed by atoms with Gasteiger partial charge in [-0.25, -0.2) is 0 Å². The summed E-state index contributed by atoms with van der Waals surface area (Å²) >= 11 is 5.85. The summed E-state index contributed by atoms with van der Waals surface area (Å²) in [5, 5.41) is 6.43. The number of carbonyl (C=O) groups is 2. The van der Waals surface area contributed by atoms with Crippen LogP contribution in [0.15, 0.2) is 24.3 Å². The summed E-state index contributed by atoms with van der Waals surface area (Å²) in [7, 11) is 1.65. The normalized spacial score (nSPS) is 17.8. The Morgan fingerprint density at radius 1 is 1.50 bits per heavy atom. The Morgan fingerprint density at radius 3 is 2.95 bits per heavy atom. The van der Waals surface area contributed by atoms with Gasteiger partial charge in [-0.05, 0) is 31.2 Å². The molecule has 0 aromatic heterocycles. The maximum absolute atomic E-state index is 12.1. The van der Waals surface area contributed by atoms with Gasteiger partial charge in [0.15, 0.2) is 0 Å². The molecule has 6 heteroatoms. The van der Waals surface area contributed by atoms with E-state index in [9.17, 15) is 9.59 Å². The van der Waals surface area contributed by atoms with Gasteiger partial charge in [-0.2, -0.15) is 0 Å². The van der Waals surface area contributed by atoms with Crippen molar-refractivity contribution >= 4 is 29.1 Å². The summed E-state index contributed by atoms with van der Waals surface area (Å²) in [6.45, 7) is 1.60. The van der Waals surface area contributed by atoms with Crippen LogP contribution >= 0.6 is 11.6 Å². The van der Waals surface area contributed by atoms with Crippen molar-refractivity contribution in [3.05, 3.63) is 29.3 Å². The number of nitrogens with zero attached hydrogens (tertiary/aromatic N) is 1. The first-order chi connectivity index (χ1) is 9.56. The third kappa shape index (κ3) is 3.95. The van der Waals surface area contributed by atoms with Gasteiger partial charge in [0.25, 0.3) is 0 Å². The van der Waals surface area contributed by atoms with Gasteiger partial charge in [0, 0.05) is 24.3 Å². The molecule has 0 spiro atoms. The topological polar surface area (TPSA) is 61.4 Å². The molecule has 2 N–H and O–H groups in total. The number of hydrogen-bond donors (Lipinski definition) is 2. The van der Waals surface area contributed by atoms with Crippen LogP contribution in [0.2, 0.25) is 5.02 Å². The van der Waals surface area contributed by atoms with Gasteiger partial charge in [0.05, 0.1) is 12.5 Å². The van der Waals surface area contributed by atoms with Gasteiger partial charge in [-0.1, -0.05) is 17.7 Å². The largest absolute Gasteiger partial charge is 0.336 e. The number of nitrogens with one attached hydrogen (secondary N) is 2. The molecular weight excluding hydrogens is 278 g/mol. The Kier molecular flexibility index (Phi) is 4.98. The predicted molar refractivity (Wildman–Crippen MR) is 78.7 cm³/mol. The van der Waals surface area contributed by atoms with Crippen molar-refractivity contribution in [2.24, 2.45) is 5.92 Å². The first-order valence-electron chi connectivity index (χ1n) is 6.57. The number of likely N-dealkylation sites (N-methyl/N-ethyl adjacent to an activating group) is 1. The highest BCUT2D eigenvalue weighted by molar-refractivity contribution is 6.30. The molecule has 1 unspecified atom stereocenters. The molecule has 2 amide bonds. The highest BCUT2D eigenvalue weighted by atomic mass is 35.5. The molecule has 1 fully saturated rings. The van der Waals surface area contributed by atoms with Gasteiger partial charge < -0.3 is 15.5 Å². The summed E-state index contributed by atoms with van der Waals surface area (Å²) < 4.78 is 0. The van der Waals surface area contributed by atoms with E-state index >= 15 is 0 Å². The van der Waals surface area contributed by atoms with Crippen molar-refractivity contribution in [3.63, 3.8) is 0 Å². The highest BCUT2D eigenvalue weighted by Crippen LogP contribution is 2.15. The van der Waals surface area contributed by atoms with Crippen LogP contribution in [0.3, 0.4) is 0 Å². The van der Waals surface area contributed by atoms with Crippen molar-refractivity contribution in [2.45, 2.75) is 6.42 Å². The fourth-order valence-electron chi connectivity index (χ4n) is 2.24. The minimum absolute atomic E-state index is 0.0104. The number of amides is 2. The van der Waals surface area contributed by atoms with Gasteiger partial charge in [0.2, 0.25) is 11.8 Å². The number of rotatable bonds is 4. The lowest BCUT2D eigenvalue weighted by Gasteiger charge is -2.20. The molecule has 108 valence electrons. The highest BCUT2D eigenvalue weighted by Gasteiger charge is 2.26. The number of hydrogen-bond acceptors (Lipinski definition) is 3. The summed E-state index contributed by atoms with van der Waals surface area (Å²) in [4.78, 5) is 25.4. The van der Waals surface area contributed by atoms with Crippen LogP contribution in [0, 0.1) is 5.92 Å². The number of halogens is 1. The second kappa shape index (κ2) is 6.72. The van der Waals surface area contributed by atoms with E-state index in [1.54, 1.807) is 31.3 Å². The van der Waals surface area contributed by atoms with Gasteiger partial charge in [-0.3, -0.25) is 9.59 Å². The summed E-state index contributed by atoms with van der Waals surface area (Å²) in [6.07, 6.45) is 0.832. The zero-order valence-electron chi connectivity index (χ0n) is 11.4. The van der Waals surface area contributed by atoms with E-state index < -0.39 is 0 Å². The molecule has 0 aliphatic carbocycles. The molecule has 1 atom stereocenters. The lowest BCUT2D eigenvalue weighted by molar-refractivity contribution is -0.136. The molecule has 1 aromatic carbocycles. The molecular formula is C14H18ClN3O2. The third-order valence-corrected chi connectivity index (χ3v) is 3.51. The van der Waals surface area contributed by atoms with Crippen molar-refractivity contribution in [1.82, 2.24) is 10.2 Å². The Balaban J connectivity index is 1.85. The molecule has 1 aromatic rings. The molecule has 0 radical (unpaired) electrons. The van der Waals surface area contributed by atoms with Crippen molar-refractivity contribution in [2.75, 3.05) is 32.0 Å². The fraction of sp³-hybridized carbons (Fsp3) is 0.429. The molecule has 1 aliphatic heterocycles. The zero-order chi connectivity index (χ0) is 14.5. The van der Waals surface area contributed by atoms with Crippen molar-refractivity contribution in [3.8, 4) is 0 Å².